The van der Waals surface area contributed by atoms with E-state index in [9.17, 15) is 22.4 Å². The number of sulfonamides is 1. The van der Waals surface area contributed by atoms with Gasteiger partial charge in [-0.3, -0.25) is 14.3 Å². The van der Waals surface area contributed by atoms with Gasteiger partial charge in [-0.05, 0) is 54.6 Å². The molecule has 0 aromatic heterocycles. The Morgan fingerprint density at radius 3 is 2.10 bits per heavy atom. The minimum atomic E-state index is -4.09. The van der Waals surface area contributed by atoms with Gasteiger partial charge < -0.3 is 10.6 Å². The SMILES string of the molecule is CC(=O)Nc1ccc(NC(=O)c2cccc(S(=O)(=O)Nc3ccccc3F)c2)cc1. The molecule has 0 aliphatic heterocycles. The van der Waals surface area contributed by atoms with Crippen LogP contribution in [0.4, 0.5) is 21.5 Å². The third kappa shape index (κ3) is 5.21. The summed E-state index contributed by atoms with van der Waals surface area (Å²) < 4.78 is 41.1. The summed E-state index contributed by atoms with van der Waals surface area (Å²) in [5.41, 5.74) is 0.962. The van der Waals surface area contributed by atoms with Gasteiger partial charge in [0.1, 0.15) is 5.82 Å². The third-order valence-corrected chi connectivity index (χ3v) is 5.35. The third-order valence-electron chi connectivity index (χ3n) is 3.99. The zero-order chi connectivity index (χ0) is 21.7. The average molecular weight is 427 g/mol. The highest BCUT2D eigenvalue weighted by atomic mass is 32.2. The van der Waals surface area contributed by atoms with E-state index < -0.39 is 21.7 Å². The van der Waals surface area contributed by atoms with Crippen LogP contribution in [0.25, 0.3) is 0 Å². The van der Waals surface area contributed by atoms with E-state index in [1.165, 1.54) is 49.4 Å². The second kappa shape index (κ2) is 8.75. The molecule has 30 heavy (non-hydrogen) atoms. The first-order chi connectivity index (χ1) is 14.2. The lowest BCUT2D eigenvalue weighted by molar-refractivity contribution is -0.114. The van der Waals surface area contributed by atoms with Crippen molar-refractivity contribution in [3.8, 4) is 0 Å². The molecule has 3 aromatic rings. The fraction of sp³-hybridized carbons (Fsp3) is 0.0476. The van der Waals surface area contributed by atoms with E-state index in [1.807, 2.05) is 0 Å². The molecule has 0 aliphatic rings. The molecule has 0 unspecified atom stereocenters. The Labute approximate surface area is 173 Å². The van der Waals surface area contributed by atoms with Crippen LogP contribution in [0.2, 0.25) is 0 Å². The maximum atomic E-state index is 13.8. The van der Waals surface area contributed by atoms with E-state index in [0.717, 1.165) is 6.07 Å². The van der Waals surface area contributed by atoms with Crippen LogP contribution in [-0.2, 0) is 14.8 Å². The summed E-state index contributed by atoms with van der Waals surface area (Å²) in [4.78, 5) is 23.4. The molecule has 7 nitrogen and oxygen atoms in total. The Hall–Kier alpha value is -3.72. The number of hydrogen-bond donors (Lipinski definition) is 3. The molecular formula is C21H18FN3O4S. The minimum absolute atomic E-state index is 0.109. The topological polar surface area (TPSA) is 104 Å². The lowest BCUT2D eigenvalue weighted by Gasteiger charge is -2.11. The van der Waals surface area contributed by atoms with Gasteiger partial charge in [-0.15, -0.1) is 0 Å². The predicted octanol–water partition coefficient (Wildman–Crippen LogP) is 3.84. The van der Waals surface area contributed by atoms with E-state index in [-0.39, 0.29) is 22.1 Å². The van der Waals surface area contributed by atoms with E-state index in [4.69, 9.17) is 0 Å². The second-order valence-corrected chi connectivity index (χ2v) is 8.01. The number of carbonyl (C=O) groups is 2. The van der Waals surface area contributed by atoms with Crippen molar-refractivity contribution in [2.24, 2.45) is 0 Å². The number of nitrogens with one attached hydrogen (secondary N) is 3. The van der Waals surface area contributed by atoms with Gasteiger partial charge in [0.25, 0.3) is 15.9 Å². The Morgan fingerprint density at radius 1 is 0.833 bits per heavy atom. The zero-order valence-electron chi connectivity index (χ0n) is 15.8. The fourth-order valence-corrected chi connectivity index (χ4v) is 3.71. The van der Waals surface area contributed by atoms with Crippen molar-refractivity contribution in [3.63, 3.8) is 0 Å². The number of benzene rings is 3. The molecule has 0 saturated heterocycles. The van der Waals surface area contributed by atoms with Gasteiger partial charge in [0.2, 0.25) is 5.91 Å². The molecule has 9 heteroatoms. The summed E-state index contributed by atoms with van der Waals surface area (Å²) in [6.07, 6.45) is 0. The van der Waals surface area contributed by atoms with E-state index in [2.05, 4.69) is 15.4 Å². The molecule has 0 fully saturated rings. The summed E-state index contributed by atoms with van der Waals surface area (Å²) in [6, 6.07) is 17.2. The Kier molecular flexibility index (Phi) is 6.12. The quantitative estimate of drug-likeness (QED) is 0.556. The smallest absolute Gasteiger partial charge is 0.262 e. The maximum Gasteiger partial charge on any atom is 0.262 e. The summed E-state index contributed by atoms with van der Waals surface area (Å²) in [5.74, 6) is -1.45. The van der Waals surface area contributed by atoms with Crippen molar-refractivity contribution in [3.05, 3.63) is 84.2 Å². The number of para-hydroxylation sites is 1. The lowest BCUT2D eigenvalue weighted by atomic mass is 10.2. The molecule has 3 rings (SSSR count). The highest BCUT2D eigenvalue weighted by molar-refractivity contribution is 7.92. The van der Waals surface area contributed by atoms with E-state index in [1.54, 1.807) is 24.3 Å². The minimum Gasteiger partial charge on any atom is -0.326 e. The van der Waals surface area contributed by atoms with Crippen LogP contribution >= 0.6 is 0 Å². The number of halogens is 1. The normalized spacial score (nSPS) is 10.9. The van der Waals surface area contributed by atoms with Crippen LogP contribution in [0.1, 0.15) is 17.3 Å². The molecule has 3 aromatic carbocycles. The number of carbonyl (C=O) groups excluding carboxylic acids is 2. The van der Waals surface area contributed by atoms with Crippen molar-refractivity contribution in [2.75, 3.05) is 15.4 Å². The van der Waals surface area contributed by atoms with Crippen LogP contribution in [0.5, 0.6) is 0 Å². The maximum absolute atomic E-state index is 13.8. The number of hydrogen-bond acceptors (Lipinski definition) is 4. The lowest BCUT2D eigenvalue weighted by Crippen LogP contribution is -2.16. The molecule has 0 atom stereocenters. The van der Waals surface area contributed by atoms with Gasteiger partial charge in [-0.2, -0.15) is 0 Å². The average Bonchev–Trinajstić information content (AvgIpc) is 2.71. The molecule has 154 valence electrons. The van der Waals surface area contributed by atoms with Gasteiger partial charge in [-0.1, -0.05) is 18.2 Å². The Bertz CT molecular complexity index is 1190. The van der Waals surface area contributed by atoms with Crippen LogP contribution in [0.3, 0.4) is 0 Å². The summed E-state index contributed by atoms with van der Waals surface area (Å²) >= 11 is 0. The molecule has 3 N–H and O–H groups in total. The zero-order valence-corrected chi connectivity index (χ0v) is 16.7. The standard InChI is InChI=1S/C21H18FN3O4S/c1-14(26)23-16-9-11-17(12-10-16)24-21(27)15-5-4-6-18(13-15)30(28,29)25-20-8-3-2-7-19(20)22/h2-13,25H,1H3,(H,23,26)(H,24,27). The Balaban J connectivity index is 1.76. The first kappa shape index (κ1) is 21.0. The summed E-state index contributed by atoms with van der Waals surface area (Å²) in [7, 11) is -4.09. The number of anilines is 3. The molecule has 2 amide bonds. The summed E-state index contributed by atoms with van der Waals surface area (Å²) in [5, 5.41) is 5.26. The molecule has 0 bridgehead atoms. The Morgan fingerprint density at radius 2 is 1.47 bits per heavy atom. The van der Waals surface area contributed by atoms with Crippen LogP contribution < -0.4 is 15.4 Å². The first-order valence-corrected chi connectivity index (χ1v) is 10.3. The van der Waals surface area contributed by atoms with Gasteiger partial charge >= 0.3 is 0 Å². The predicted molar refractivity (Wildman–Crippen MR) is 112 cm³/mol. The molecule has 0 heterocycles. The molecular weight excluding hydrogens is 409 g/mol. The largest absolute Gasteiger partial charge is 0.326 e. The van der Waals surface area contributed by atoms with Gasteiger partial charge in [0, 0.05) is 23.9 Å². The molecule has 0 radical (unpaired) electrons. The highest BCUT2D eigenvalue weighted by Crippen LogP contribution is 2.20. The van der Waals surface area contributed by atoms with Crippen molar-refractivity contribution in [1.29, 1.82) is 0 Å². The van der Waals surface area contributed by atoms with Crippen molar-refractivity contribution in [2.45, 2.75) is 11.8 Å². The van der Waals surface area contributed by atoms with Crippen molar-refractivity contribution < 1.29 is 22.4 Å². The van der Waals surface area contributed by atoms with Crippen molar-refractivity contribution >= 4 is 38.9 Å². The molecule has 0 saturated carbocycles. The van der Waals surface area contributed by atoms with Gasteiger partial charge in [0.05, 0.1) is 10.6 Å². The highest BCUT2D eigenvalue weighted by Gasteiger charge is 2.18. The monoisotopic (exact) mass is 427 g/mol. The number of amides is 2. The molecule has 0 aliphatic carbocycles. The van der Waals surface area contributed by atoms with E-state index in [0.29, 0.717) is 11.4 Å². The fourth-order valence-electron chi connectivity index (χ4n) is 2.60. The molecule has 0 spiro atoms. The van der Waals surface area contributed by atoms with E-state index >= 15 is 0 Å². The second-order valence-electron chi connectivity index (χ2n) is 6.33. The van der Waals surface area contributed by atoms with Crippen molar-refractivity contribution in [1.82, 2.24) is 0 Å². The van der Waals surface area contributed by atoms with Gasteiger partial charge in [-0.25, -0.2) is 12.8 Å². The first-order valence-electron chi connectivity index (χ1n) is 8.81. The van der Waals surface area contributed by atoms with Crippen LogP contribution in [-0.4, -0.2) is 20.2 Å². The van der Waals surface area contributed by atoms with Crippen LogP contribution in [0, 0.1) is 5.82 Å². The van der Waals surface area contributed by atoms with Crippen LogP contribution in [0.15, 0.2) is 77.7 Å². The van der Waals surface area contributed by atoms with Gasteiger partial charge in [0.15, 0.2) is 0 Å². The number of rotatable bonds is 6. The summed E-state index contributed by atoms with van der Waals surface area (Å²) in [6.45, 7) is 1.39.